The third kappa shape index (κ3) is 3.67. The Morgan fingerprint density at radius 2 is 2.05 bits per heavy atom. The van der Waals surface area contributed by atoms with Gasteiger partial charge in [0.05, 0.1) is 19.8 Å². The lowest BCUT2D eigenvalue weighted by atomic mass is 9.96. The van der Waals surface area contributed by atoms with Gasteiger partial charge in [0.25, 0.3) is 5.91 Å². The Hall–Kier alpha value is -1.75. The van der Waals surface area contributed by atoms with Crippen molar-refractivity contribution in [3.63, 3.8) is 0 Å². The van der Waals surface area contributed by atoms with E-state index in [1.807, 2.05) is 0 Å². The van der Waals surface area contributed by atoms with E-state index in [1.165, 1.54) is 12.8 Å². The van der Waals surface area contributed by atoms with E-state index in [9.17, 15) is 4.79 Å². The van der Waals surface area contributed by atoms with E-state index in [-0.39, 0.29) is 5.91 Å². The molecule has 3 N–H and O–H groups in total. The number of carbonyl (C=O) groups excluding carboxylic acids is 1. The summed E-state index contributed by atoms with van der Waals surface area (Å²) in [6.45, 7) is 1.38. The summed E-state index contributed by atoms with van der Waals surface area (Å²) in [5.41, 5.74) is 6.30. The fourth-order valence-electron chi connectivity index (χ4n) is 3.00. The zero-order valence-corrected chi connectivity index (χ0v) is 12.7. The molecule has 0 saturated heterocycles. The quantitative estimate of drug-likeness (QED) is 0.838. The molecule has 1 aliphatic rings. The molecule has 2 rings (SSSR count). The molecule has 0 aromatic heterocycles. The van der Waals surface area contributed by atoms with Gasteiger partial charge >= 0.3 is 0 Å². The van der Waals surface area contributed by atoms with Gasteiger partial charge in [-0.3, -0.25) is 4.79 Å². The summed E-state index contributed by atoms with van der Waals surface area (Å²) in [4.78, 5) is 12.3. The highest BCUT2D eigenvalue weighted by Crippen LogP contribution is 2.30. The molecule has 0 aliphatic heterocycles. The van der Waals surface area contributed by atoms with Gasteiger partial charge in [-0.1, -0.05) is 6.42 Å². The van der Waals surface area contributed by atoms with E-state index in [4.69, 9.17) is 15.2 Å². The Labute approximate surface area is 125 Å². The van der Waals surface area contributed by atoms with Crippen molar-refractivity contribution in [3.05, 3.63) is 23.8 Å². The van der Waals surface area contributed by atoms with Crippen LogP contribution in [0.25, 0.3) is 0 Å². The molecule has 5 heteroatoms. The number of hydrogen-bond donors (Lipinski definition) is 2. The minimum Gasteiger partial charge on any atom is -0.497 e. The monoisotopic (exact) mass is 292 g/mol. The predicted octanol–water partition coefficient (Wildman–Crippen LogP) is 1.81. The van der Waals surface area contributed by atoms with Crippen molar-refractivity contribution in [2.75, 3.05) is 27.3 Å². The lowest BCUT2D eigenvalue weighted by molar-refractivity contribution is 0.0941. The molecule has 21 heavy (non-hydrogen) atoms. The molecule has 1 saturated carbocycles. The van der Waals surface area contributed by atoms with Gasteiger partial charge < -0.3 is 20.5 Å². The van der Waals surface area contributed by atoms with E-state index in [0.717, 1.165) is 6.42 Å². The van der Waals surface area contributed by atoms with Crippen molar-refractivity contribution < 1.29 is 14.3 Å². The molecule has 1 amide bonds. The molecule has 0 heterocycles. The highest BCUT2D eigenvalue weighted by atomic mass is 16.5. The zero-order chi connectivity index (χ0) is 15.2. The number of carbonyl (C=O) groups is 1. The third-order valence-electron chi connectivity index (χ3n) is 4.30. The first-order valence-corrected chi connectivity index (χ1v) is 7.40. The Bertz CT molecular complexity index is 490. The minimum atomic E-state index is -0.114. The number of benzene rings is 1. The van der Waals surface area contributed by atoms with Crippen LogP contribution in [-0.2, 0) is 0 Å². The van der Waals surface area contributed by atoms with E-state index in [0.29, 0.717) is 42.0 Å². The molecule has 2 unspecified atom stereocenters. The Balaban J connectivity index is 2.00. The van der Waals surface area contributed by atoms with Gasteiger partial charge in [0.15, 0.2) is 0 Å². The summed E-state index contributed by atoms with van der Waals surface area (Å²) in [6, 6.07) is 5.20. The standard InChI is InChI=1S/C16H24N2O3/c1-20-13-6-7-14(15(8-13)21-2)16(19)18-10-12-5-3-4-11(12)9-17/h6-8,11-12H,3-5,9-10,17H2,1-2H3,(H,18,19). The number of methoxy groups -OCH3 is 2. The largest absolute Gasteiger partial charge is 0.497 e. The second-order valence-corrected chi connectivity index (χ2v) is 5.46. The van der Waals surface area contributed by atoms with Crippen molar-refractivity contribution in [1.29, 1.82) is 0 Å². The summed E-state index contributed by atoms with van der Waals surface area (Å²) in [5, 5.41) is 3.00. The first-order chi connectivity index (χ1) is 10.2. The Kier molecular flexibility index (Phi) is 5.44. The number of nitrogens with one attached hydrogen (secondary N) is 1. The van der Waals surface area contributed by atoms with E-state index in [1.54, 1.807) is 32.4 Å². The van der Waals surface area contributed by atoms with Crippen molar-refractivity contribution in [3.8, 4) is 11.5 Å². The van der Waals surface area contributed by atoms with E-state index >= 15 is 0 Å². The van der Waals surface area contributed by atoms with Crippen LogP contribution in [0, 0.1) is 11.8 Å². The lowest BCUT2D eigenvalue weighted by Gasteiger charge is -2.18. The van der Waals surface area contributed by atoms with Crippen LogP contribution in [0.1, 0.15) is 29.6 Å². The molecule has 1 aromatic carbocycles. The van der Waals surface area contributed by atoms with E-state index in [2.05, 4.69) is 5.32 Å². The van der Waals surface area contributed by atoms with Gasteiger partial charge in [-0.25, -0.2) is 0 Å². The second-order valence-electron chi connectivity index (χ2n) is 5.46. The molecule has 0 spiro atoms. The summed E-state index contributed by atoms with van der Waals surface area (Å²) >= 11 is 0. The maximum absolute atomic E-state index is 12.3. The number of amides is 1. The minimum absolute atomic E-state index is 0.114. The highest BCUT2D eigenvalue weighted by molar-refractivity contribution is 5.97. The molecule has 1 aliphatic carbocycles. The topological polar surface area (TPSA) is 73.6 Å². The fraction of sp³-hybridized carbons (Fsp3) is 0.562. The van der Waals surface area contributed by atoms with Crippen LogP contribution >= 0.6 is 0 Å². The first kappa shape index (κ1) is 15.6. The molecule has 0 bridgehead atoms. The third-order valence-corrected chi connectivity index (χ3v) is 4.30. The molecule has 0 radical (unpaired) electrons. The summed E-state index contributed by atoms with van der Waals surface area (Å²) in [6.07, 6.45) is 3.51. The number of hydrogen-bond acceptors (Lipinski definition) is 4. The SMILES string of the molecule is COc1ccc(C(=O)NCC2CCCC2CN)c(OC)c1. The zero-order valence-electron chi connectivity index (χ0n) is 12.7. The summed E-state index contributed by atoms with van der Waals surface area (Å²) < 4.78 is 10.4. The second kappa shape index (κ2) is 7.31. The van der Waals surface area contributed by atoms with Crippen LogP contribution in [0.3, 0.4) is 0 Å². The van der Waals surface area contributed by atoms with Gasteiger partial charge in [-0.15, -0.1) is 0 Å². The summed E-state index contributed by atoms with van der Waals surface area (Å²) in [7, 11) is 3.13. The maximum Gasteiger partial charge on any atom is 0.255 e. The molecule has 116 valence electrons. The van der Waals surface area contributed by atoms with Crippen molar-refractivity contribution >= 4 is 5.91 Å². The van der Waals surface area contributed by atoms with Crippen LogP contribution in [-0.4, -0.2) is 33.2 Å². The van der Waals surface area contributed by atoms with Crippen LogP contribution < -0.4 is 20.5 Å². The molecule has 5 nitrogen and oxygen atoms in total. The fourth-order valence-corrected chi connectivity index (χ4v) is 3.00. The Morgan fingerprint density at radius 3 is 2.71 bits per heavy atom. The van der Waals surface area contributed by atoms with Crippen LogP contribution in [0.5, 0.6) is 11.5 Å². The smallest absolute Gasteiger partial charge is 0.255 e. The van der Waals surface area contributed by atoms with Crippen LogP contribution in [0.2, 0.25) is 0 Å². The van der Waals surface area contributed by atoms with Crippen molar-refractivity contribution in [2.45, 2.75) is 19.3 Å². The summed E-state index contributed by atoms with van der Waals surface area (Å²) in [5.74, 6) is 2.10. The maximum atomic E-state index is 12.3. The van der Waals surface area contributed by atoms with Crippen molar-refractivity contribution in [1.82, 2.24) is 5.32 Å². The van der Waals surface area contributed by atoms with Crippen molar-refractivity contribution in [2.24, 2.45) is 17.6 Å². The molecular formula is C16H24N2O3. The molecular weight excluding hydrogens is 268 g/mol. The molecule has 1 fully saturated rings. The average molecular weight is 292 g/mol. The average Bonchev–Trinajstić information content (AvgIpc) is 2.99. The van der Waals surface area contributed by atoms with Gasteiger partial charge in [-0.05, 0) is 43.4 Å². The van der Waals surface area contributed by atoms with Crippen LogP contribution in [0.15, 0.2) is 18.2 Å². The number of ether oxygens (including phenoxy) is 2. The van der Waals surface area contributed by atoms with Gasteiger partial charge in [0.1, 0.15) is 11.5 Å². The molecule has 2 atom stereocenters. The van der Waals surface area contributed by atoms with Crippen LogP contribution in [0.4, 0.5) is 0 Å². The number of nitrogens with two attached hydrogens (primary N) is 1. The lowest BCUT2D eigenvalue weighted by Crippen LogP contribution is -2.33. The number of rotatable bonds is 6. The highest BCUT2D eigenvalue weighted by Gasteiger charge is 2.26. The predicted molar refractivity (Wildman–Crippen MR) is 81.8 cm³/mol. The Morgan fingerprint density at radius 1 is 1.29 bits per heavy atom. The molecule has 1 aromatic rings. The van der Waals surface area contributed by atoms with Gasteiger partial charge in [-0.2, -0.15) is 0 Å². The van der Waals surface area contributed by atoms with Gasteiger partial charge in [0.2, 0.25) is 0 Å². The first-order valence-electron chi connectivity index (χ1n) is 7.40. The van der Waals surface area contributed by atoms with Gasteiger partial charge in [0, 0.05) is 12.6 Å². The normalized spacial score (nSPS) is 21.1. The van der Waals surface area contributed by atoms with E-state index < -0.39 is 0 Å².